The van der Waals surface area contributed by atoms with E-state index in [0.29, 0.717) is 19.3 Å². The summed E-state index contributed by atoms with van der Waals surface area (Å²) < 4.78 is 26.4. The van der Waals surface area contributed by atoms with Gasteiger partial charge in [-0.1, -0.05) is 189 Å². The van der Waals surface area contributed by atoms with Gasteiger partial charge in [0, 0.05) is 12.8 Å². The molecule has 0 bridgehead atoms. The van der Waals surface area contributed by atoms with Gasteiger partial charge in [-0.25, -0.2) is 4.57 Å². The predicted octanol–water partition coefficient (Wildman–Crippen LogP) is 14.6. The molecule has 1 atom stereocenters. The highest BCUT2D eigenvalue weighted by atomic mass is 31.2. The maximum Gasteiger partial charge on any atom is 0.469 e. The van der Waals surface area contributed by atoms with E-state index in [9.17, 15) is 14.2 Å². The van der Waals surface area contributed by atoms with Crippen molar-refractivity contribution in [1.29, 1.82) is 0 Å². The van der Waals surface area contributed by atoms with Crippen molar-refractivity contribution in [3.8, 4) is 0 Å². The lowest BCUT2D eigenvalue weighted by Crippen LogP contribution is -2.29. The third kappa shape index (κ3) is 46.2. The van der Waals surface area contributed by atoms with E-state index < -0.39 is 32.5 Å². The van der Waals surface area contributed by atoms with Crippen LogP contribution in [0.15, 0.2) is 72.9 Å². The minimum absolute atomic E-state index is 0.131. The van der Waals surface area contributed by atoms with Crippen molar-refractivity contribution in [3.63, 3.8) is 0 Å². The molecular weight excluding hydrogens is 748 g/mol. The van der Waals surface area contributed by atoms with Crippen molar-refractivity contribution >= 4 is 19.8 Å². The molecule has 9 heteroatoms. The second-order valence-electron chi connectivity index (χ2n) is 15.3. The number of hydrogen-bond donors (Lipinski definition) is 2. The van der Waals surface area contributed by atoms with E-state index in [1.165, 1.54) is 109 Å². The molecule has 0 aliphatic heterocycles. The number of unbranched alkanes of at least 4 members (excludes halogenated alkanes) is 20. The number of ether oxygens (including phenoxy) is 2. The highest BCUT2D eigenvalue weighted by Gasteiger charge is 2.22. The molecule has 0 saturated carbocycles. The van der Waals surface area contributed by atoms with Crippen LogP contribution < -0.4 is 0 Å². The fraction of sp³-hybridized carbons (Fsp3) is 0.714. The molecule has 0 aliphatic carbocycles. The van der Waals surface area contributed by atoms with Gasteiger partial charge in [-0.3, -0.25) is 14.1 Å². The molecule has 0 amide bonds. The Morgan fingerprint density at radius 1 is 0.466 bits per heavy atom. The molecule has 0 aromatic rings. The topological polar surface area (TPSA) is 119 Å². The van der Waals surface area contributed by atoms with E-state index in [2.05, 4.69) is 85.2 Å². The quantitative estimate of drug-likeness (QED) is 0.0270. The molecule has 334 valence electrons. The first kappa shape index (κ1) is 55.5. The number of carbonyl (C=O) groups is 2. The Balaban J connectivity index is 3.92. The van der Waals surface area contributed by atoms with Crippen LogP contribution in [-0.2, 0) is 28.2 Å². The third-order valence-electron chi connectivity index (χ3n) is 9.71. The fourth-order valence-electron chi connectivity index (χ4n) is 6.29. The van der Waals surface area contributed by atoms with E-state index in [-0.39, 0.29) is 19.4 Å². The second kappa shape index (κ2) is 44.1. The van der Waals surface area contributed by atoms with Gasteiger partial charge in [-0.05, 0) is 77.0 Å². The minimum Gasteiger partial charge on any atom is -0.462 e. The van der Waals surface area contributed by atoms with Gasteiger partial charge in [0.1, 0.15) is 6.61 Å². The van der Waals surface area contributed by atoms with E-state index in [0.717, 1.165) is 51.4 Å². The lowest BCUT2D eigenvalue weighted by Gasteiger charge is -2.18. The molecule has 0 fully saturated rings. The molecule has 0 aliphatic rings. The number of esters is 2. The van der Waals surface area contributed by atoms with Crippen LogP contribution in [-0.4, -0.2) is 41.0 Å². The molecule has 0 radical (unpaired) electrons. The first-order valence-electron chi connectivity index (χ1n) is 23.2. The highest BCUT2D eigenvalue weighted by Crippen LogP contribution is 2.36. The van der Waals surface area contributed by atoms with Crippen LogP contribution in [0.3, 0.4) is 0 Å². The lowest BCUT2D eigenvalue weighted by atomic mass is 10.0. The van der Waals surface area contributed by atoms with Gasteiger partial charge in [0.25, 0.3) is 0 Å². The van der Waals surface area contributed by atoms with Crippen LogP contribution in [0.2, 0.25) is 0 Å². The number of hydrogen-bond acceptors (Lipinski definition) is 6. The average molecular weight is 833 g/mol. The molecule has 2 N–H and O–H groups in total. The monoisotopic (exact) mass is 833 g/mol. The van der Waals surface area contributed by atoms with Gasteiger partial charge >= 0.3 is 19.8 Å². The standard InChI is InChI=1S/C49H85O8P/c1-3-5-7-9-11-13-15-17-19-21-22-23-24-25-26-28-29-31-33-35-37-39-41-43-48(50)55-45-47(46-56-58(52,53)54)57-49(51)44-42-40-38-36-34-32-30-27-20-18-16-14-12-10-8-6-4-2/h6,8,12,14,18,20-22,30,32,36,38,47H,3-5,7,9-11,13,15-17,19,23-29,31,33-35,37,39-46H2,1-2H3,(H2,52,53,54)/b8-6-,14-12-,20-18-,22-21-,32-30-,38-36-. The van der Waals surface area contributed by atoms with Crippen LogP contribution in [0.1, 0.15) is 206 Å². The van der Waals surface area contributed by atoms with E-state index in [1.807, 2.05) is 6.08 Å². The highest BCUT2D eigenvalue weighted by molar-refractivity contribution is 7.46. The van der Waals surface area contributed by atoms with E-state index in [1.54, 1.807) is 0 Å². The summed E-state index contributed by atoms with van der Waals surface area (Å²) in [4.78, 5) is 42.9. The average Bonchev–Trinajstić information content (AvgIpc) is 3.20. The van der Waals surface area contributed by atoms with Crippen molar-refractivity contribution in [2.24, 2.45) is 0 Å². The van der Waals surface area contributed by atoms with Crippen LogP contribution in [0, 0.1) is 0 Å². The summed E-state index contributed by atoms with van der Waals surface area (Å²) in [5, 5.41) is 0. The number of phosphoric ester groups is 1. The molecule has 58 heavy (non-hydrogen) atoms. The van der Waals surface area contributed by atoms with Crippen LogP contribution in [0.5, 0.6) is 0 Å². The van der Waals surface area contributed by atoms with Gasteiger partial charge in [0.15, 0.2) is 6.10 Å². The second-order valence-corrected chi connectivity index (χ2v) is 16.6. The Kier molecular flexibility index (Phi) is 42.1. The van der Waals surface area contributed by atoms with E-state index >= 15 is 0 Å². The number of phosphoric acid groups is 1. The fourth-order valence-corrected chi connectivity index (χ4v) is 6.65. The zero-order valence-electron chi connectivity index (χ0n) is 36.9. The smallest absolute Gasteiger partial charge is 0.462 e. The first-order valence-corrected chi connectivity index (χ1v) is 24.8. The van der Waals surface area contributed by atoms with Crippen molar-refractivity contribution in [2.75, 3.05) is 13.2 Å². The number of carbonyl (C=O) groups excluding carboxylic acids is 2. The van der Waals surface area contributed by atoms with E-state index in [4.69, 9.17) is 19.3 Å². The van der Waals surface area contributed by atoms with Crippen molar-refractivity contribution < 1.29 is 37.9 Å². The Hall–Kier alpha value is -2.51. The molecular formula is C49H85O8P. The summed E-state index contributed by atoms with van der Waals surface area (Å²) in [6.45, 7) is 3.54. The normalized spacial score (nSPS) is 13.1. The summed E-state index contributed by atoms with van der Waals surface area (Å²) >= 11 is 0. The summed E-state index contributed by atoms with van der Waals surface area (Å²) in [6, 6.07) is 0. The number of allylic oxidation sites excluding steroid dienone is 12. The number of rotatable bonds is 42. The molecule has 0 aromatic heterocycles. The summed E-state index contributed by atoms with van der Waals surface area (Å²) in [6.07, 6.45) is 57.8. The van der Waals surface area contributed by atoms with Gasteiger partial charge in [-0.15, -0.1) is 0 Å². The summed E-state index contributed by atoms with van der Waals surface area (Å²) in [7, 11) is -4.78. The molecule has 0 heterocycles. The van der Waals surface area contributed by atoms with Crippen LogP contribution in [0.25, 0.3) is 0 Å². The van der Waals surface area contributed by atoms with Crippen molar-refractivity contribution in [2.45, 2.75) is 213 Å². The largest absolute Gasteiger partial charge is 0.469 e. The molecule has 1 unspecified atom stereocenters. The maximum atomic E-state index is 12.4. The Labute approximate surface area is 355 Å². The van der Waals surface area contributed by atoms with Crippen molar-refractivity contribution in [3.05, 3.63) is 72.9 Å². The van der Waals surface area contributed by atoms with Gasteiger partial charge in [0.05, 0.1) is 6.61 Å². The van der Waals surface area contributed by atoms with Gasteiger partial charge in [0.2, 0.25) is 0 Å². The maximum absolute atomic E-state index is 12.4. The Morgan fingerprint density at radius 2 is 0.845 bits per heavy atom. The van der Waals surface area contributed by atoms with Gasteiger partial charge < -0.3 is 19.3 Å². The summed E-state index contributed by atoms with van der Waals surface area (Å²) in [5.74, 6) is -0.954. The van der Waals surface area contributed by atoms with Crippen LogP contribution in [0.4, 0.5) is 0 Å². The molecule has 8 nitrogen and oxygen atoms in total. The Morgan fingerprint density at radius 3 is 1.31 bits per heavy atom. The predicted molar refractivity (Wildman–Crippen MR) is 244 cm³/mol. The lowest BCUT2D eigenvalue weighted by molar-refractivity contribution is -0.161. The first-order chi connectivity index (χ1) is 28.3. The molecule has 0 saturated heterocycles. The van der Waals surface area contributed by atoms with Crippen LogP contribution >= 0.6 is 7.82 Å². The molecule has 0 aromatic carbocycles. The SMILES string of the molecule is CC/C=C\C/C=C\C/C=C\C/C=C\C/C=C\CCCC(=O)OC(COC(=O)CCCCCCCCCCCCC/C=C\CCCCCCCCCC)COP(=O)(O)O. The molecule has 0 spiro atoms. The minimum atomic E-state index is -4.78. The molecule has 0 rings (SSSR count). The van der Waals surface area contributed by atoms with Crippen molar-refractivity contribution in [1.82, 2.24) is 0 Å². The van der Waals surface area contributed by atoms with Gasteiger partial charge in [-0.2, -0.15) is 0 Å². The Bertz CT molecular complexity index is 1170. The zero-order chi connectivity index (χ0) is 42.5. The zero-order valence-corrected chi connectivity index (χ0v) is 37.8. The third-order valence-corrected chi connectivity index (χ3v) is 10.2. The summed E-state index contributed by atoms with van der Waals surface area (Å²) in [5.41, 5.74) is 0.